The van der Waals surface area contributed by atoms with Crippen molar-refractivity contribution in [2.24, 2.45) is 11.8 Å². The van der Waals surface area contributed by atoms with Crippen molar-refractivity contribution in [2.45, 2.75) is 82.4 Å². The van der Waals surface area contributed by atoms with Crippen LogP contribution in [0, 0.1) is 11.8 Å². The van der Waals surface area contributed by atoms with Gasteiger partial charge in [0.05, 0.1) is 43.5 Å². The molecule has 7 rings (SSSR count). The number of nitrogens with one attached hydrogen (secondary N) is 4. The Balaban J connectivity index is 1.14. The third-order valence-electron chi connectivity index (χ3n) is 12.4. The van der Waals surface area contributed by atoms with Crippen LogP contribution < -0.4 is 16.0 Å². The number of aromatic nitrogens is 3. The number of carbonyl (C=O) groups is 5. The number of halogens is 5. The lowest BCUT2D eigenvalue weighted by Gasteiger charge is -2.40. The minimum Gasteiger partial charge on any atom is -0.453 e. The van der Waals surface area contributed by atoms with Gasteiger partial charge in [-0.05, 0) is 103 Å². The highest BCUT2D eigenvalue weighted by Crippen LogP contribution is 3.02. The molecule has 2 aliphatic heterocycles. The molecule has 0 saturated carbocycles. The summed E-state index contributed by atoms with van der Waals surface area (Å²) in [4.78, 5) is 73.9. The quantitative estimate of drug-likeness (QED) is 0.0794. The van der Waals surface area contributed by atoms with Crippen molar-refractivity contribution in [1.82, 2.24) is 35.0 Å². The van der Waals surface area contributed by atoms with Gasteiger partial charge in [-0.15, -0.1) is 0 Å². The summed E-state index contributed by atoms with van der Waals surface area (Å²) in [6.45, 7) is 8.00. The zero-order valence-corrected chi connectivity index (χ0v) is 39.6. The van der Waals surface area contributed by atoms with E-state index in [0.717, 1.165) is 24.1 Å². The van der Waals surface area contributed by atoms with Gasteiger partial charge in [-0.2, -0.15) is 0 Å². The first-order valence-electron chi connectivity index (χ1n) is 22.4. The van der Waals surface area contributed by atoms with Gasteiger partial charge in [0.25, 0.3) is 0 Å². The van der Waals surface area contributed by atoms with Gasteiger partial charge in [-0.25, -0.2) is 14.6 Å². The third kappa shape index (κ3) is 11.0. The molecule has 2 aromatic heterocycles. The molecule has 4 N–H and O–H groups in total. The highest BCUT2D eigenvalue weighted by molar-refractivity contribution is 8.45. The summed E-state index contributed by atoms with van der Waals surface area (Å²) in [5.74, 6) is -1.01. The molecule has 370 valence electrons. The molecule has 5 aromatic rings. The molecule has 3 aromatic carbocycles. The number of benzene rings is 3. The molecule has 4 atom stereocenters. The van der Waals surface area contributed by atoms with Crippen molar-refractivity contribution >= 4 is 45.8 Å². The Morgan fingerprint density at radius 3 is 1.68 bits per heavy atom. The number of rotatable bonds is 14. The fraction of sp³-hybridized carbons (Fsp3) is 0.375. The second-order valence-corrected chi connectivity index (χ2v) is 20.2. The van der Waals surface area contributed by atoms with Crippen molar-refractivity contribution < 1.29 is 52.9 Å². The van der Waals surface area contributed by atoms with Gasteiger partial charge in [0.2, 0.25) is 17.7 Å². The van der Waals surface area contributed by atoms with E-state index in [2.05, 4.69) is 30.7 Å². The first kappa shape index (κ1) is 50.0. The van der Waals surface area contributed by atoms with Gasteiger partial charge in [-0.3, -0.25) is 14.4 Å². The lowest BCUT2D eigenvalue weighted by Crippen LogP contribution is -2.54. The zero-order valence-electron chi connectivity index (χ0n) is 38.8. The molecule has 15 nitrogen and oxygen atoms in total. The molecule has 5 amide bonds. The number of amides is 5. The van der Waals surface area contributed by atoms with E-state index >= 15 is 0 Å². The smallest absolute Gasteiger partial charge is 0.407 e. The maximum Gasteiger partial charge on any atom is 0.407 e. The van der Waals surface area contributed by atoms with E-state index < -0.39 is 57.2 Å². The molecule has 2 aliphatic rings. The van der Waals surface area contributed by atoms with Gasteiger partial charge in [0.15, 0.2) is 0 Å². The molecule has 0 bridgehead atoms. The second kappa shape index (κ2) is 18.9. The van der Waals surface area contributed by atoms with Gasteiger partial charge in [0.1, 0.15) is 28.8 Å². The van der Waals surface area contributed by atoms with Crippen molar-refractivity contribution in [3.63, 3.8) is 0 Å². The van der Waals surface area contributed by atoms with Crippen LogP contribution in [-0.2, 0) is 23.9 Å². The topological polar surface area (TPSA) is 180 Å². The van der Waals surface area contributed by atoms with E-state index in [1.54, 1.807) is 78.0 Å². The number of hydrogen-bond acceptors (Lipinski definition) is 8. The number of carbonyl (C=O) groups excluding carboxylic acids is 5. The number of methoxy groups -OCH3 is 2. The first-order valence-corrected chi connectivity index (χ1v) is 24.4. The van der Waals surface area contributed by atoms with E-state index in [1.807, 2.05) is 26.0 Å². The number of ether oxygens (including phenoxy) is 2. The molecular weight excluding hydrogens is 928 g/mol. The van der Waals surface area contributed by atoms with E-state index in [1.165, 1.54) is 19.1 Å². The number of H-pyrrole nitrogens is 1. The summed E-state index contributed by atoms with van der Waals surface area (Å²) in [6.07, 6.45) is 2.54. The van der Waals surface area contributed by atoms with Crippen LogP contribution in [0.2, 0.25) is 0 Å². The molecule has 21 heteroatoms. The number of alkyl carbamates (subject to hydrolysis) is 2. The molecule has 0 spiro atoms. The lowest BCUT2D eigenvalue weighted by molar-refractivity contribution is -0.139. The standard InChI is InChI=1S/C48H55F5N8O7S/c1-28(2)41(57-47(65)67-5)45(63)59-25-7-9-39(59)43-54-27-36(56-43)30-11-13-31(14-12-30)37-23-24-38(61(37)34-19-21-35(22-20-34)69(49,50,51,52)53)32-15-17-33(18-16-32)55-44(62)40-10-8-26-60(40)46(64)42(29(3)4)58-48(66)68-6/h11-24,27-29,39-42H,7-10,25-26H2,1-6H3,(H,54,56)(H,55,62)(H,57,65)(H,58,66)/t39-,40-,41-,42-/m0/s1. The Morgan fingerprint density at radius 1 is 0.667 bits per heavy atom. The van der Waals surface area contributed by atoms with Crippen LogP contribution in [0.15, 0.2) is 96.0 Å². The number of anilines is 1. The monoisotopic (exact) mass is 982 g/mol. The van der Waals surface area contributed by atoms with Crippen LogP contribution in [0.25, 0.3) is 39.5 Å². The Morgan fingerprint density at radius 2 is 1.16 bits per heavy atom. The highest BCUT2D eigenvalue weighted by Gasteiger charge is 2.65. The molecule has 0 radical (unpaired) electrons. The predicted octanol–water partition coefficient (Wildman–Crippen LogP) is 10.2. The normalized spacial score (nSPS) is 18.0. The van der Waals surface area contributed by atoms with Crippen LogP contribution in [-0.4, -0.2) is 99.7 Å². The van der Waals surface area contributed by atoms with E-state index in [0.29, 0.717) is 84.2 Å². The molecule has 2 fully saturated rings. The summed E-state index contributed by atoms with van der Waals surface area (Å²) >= 11 is 0. The predicted molar refractivity (Wildman–Crippen MR) is 251 cm³/mol. The van der Waals surface area contributed by atoms with Crippen LogP contribution in [0.5, 0.6) is 0 Å². The molecule has 69 heavy (non-hydrogen) atoms. The minimum absolute atomic E-state index is 0.166. The lowest BCUT2D eigenvalue weighted by atomic mass is 10.0. The average Bonchev–Trinajstić information content (AvgIpc) is 4.16. The SMILES string of the molecule is COC(=O)N[C@H](C(=O)N1CCC[C@H]1C(=O)Nc1ccc(-c2ccc(-c3ccc(-c4cnc([C@@H]5CCCN5C(=O)[C@@H](NC(=O)OC)C(C)C)[nH]4)cc3)n2-c2ccc(S(F)(F)(F)(F)F)cc2)cc1)C(C)C. The van der Waals surface area contributed by atoms with Crippen molar-refractivity contribution in [1.29, 1.82) is 0 Å². The number of imidazole rings is 1. The highest BCUT2D eigenvalue weighted by atomic mass is 32.5. The molecular formula is C48H55F5N8O7S. The van der Waals surface area contributed by atoms with E-state index in [-0.39, 0.29) is 29.5 Å². The summed E-state index contributed by atoms with van der Waals surface area (Å²) in [7, 11) is -7.56. The molecule has 2 saturated heterocycles. The Bertz CT molecular complexity index is 2710. The van der Waals surface area contributed by atoms with Crippen LogP contribution in [0.4, 0.5) is 34.7 Å². The van der Waals surface area contributed by atoms with Crippen molar-refractivity contribution in [3.05, 3.63) is 97.0 Å². The van der Waals surface area contributed by atoms with Crippen LogP contribution >= 0.6 is 10.2 Å². The van der Waals surface area contributed by atoms with Gasteiger partial charge in [0, 0.05) is 24.5 Å². The Labute approximate surface area is 395 Å². The van der Waals surface area contributed by atoms with E-state index in [4.69, 9.17) is 4.74 Å². The minimum atomic E-state index is -9.99. The second-order valence-electron chi connectivity index (χ2n) is 17.8. The third-order valence-corrected chi connectivity index (χ3v) is 13.6. The summed E-state index contributed by atoms with van der Waals surface area (Å²) < 4.78 is 80.3. The van der Waals surface area contributed by atoms with Gasteiger partial charge < -0.3 is 44.8 Å². The summed E-state index contributed by atoms with van der Waals surface area (Å²) in [6, 6.07) is 17.2. The number of hydrogen-bond donors (Lipinski definition) is 4. The van der Waals surface area contributed by atoms with Gasteiger partial charge in [-0.1, -0.05) is 83.5 Å². The molecule has 4 heterocycles. The molecule has 0 unspecified atom stereocenters. The molecule has 0 aliphatic carbocycles. The first-order chi connectivity index (χ1) is 32.5. The number of nitrogens with zero attached hydrogens (tertiary/aromatic N) is 4. The van der Waals surface area contributed by atoms with Crippen LogP contribution in [0.3, 0.4) is 0 Å². The number of aromatic amines is 1. The summed E-state index contributed by atoms with van der Waals surface area (Å²) in [5, 5.41) is 8.06. The maximum absolute atomic E-state index is 13.8. The Hall–Kier alpha value is -6.90. The van der Waals surface area contributed by atoms with E-state index in [9.17, 15) is 43.4 Å². The largest absolute Gasteiger partial charge is 0.453 e. The fourth-order valence-electron chi connectivity index (χ4n) is 8.82. The van der Waals surface area contributed by atoms with Crippen molar-refractivity contribution in [2.75, 3.05) is 32.6 Å². The maximum atomic E-state index is 13.8. The van der Waals surface area contributed by atoms with Crippen LogP contribution in [0.1, 0.15) is 65.2 Å². The van der Waals surface area contributed by atoms with Gasteiger partial charge >= 0.3 is 22.4 Å². The fourth-order valence-corrected chi connectivity index (χ4v) is 9.47. The Kier molecular flexibility index (Phi) is 13.7. The average molecular weight is 983 g/mol. The van der Waals surface area contributed by atoms with Crippen molar-refractivity contribution in [3.8, 4) is 39.5 Å². The summed E-state index contributed by atoms with van der Waals surface area (Å²) in [5.41, 5.74) is 4.17. The number of likely N-dealkylation sites (tertiary alicyclic amines) is 2. The zero-order chi connectivity index (χ0) is 50.1.